The third-order valence-corrected chi connectivity index (χ3v) is 10.9. The molecule has 0 spiro atoms. The zero-order chi connectivity index (χ0) is 31.7. The maximum absolute atomic E-state index is 15.1. The topological polar surface area (TPSA) is 101 Å². The smallest absolute Gasteiger partial charge is 0.233 e. The lowest BCUT2D eigenvalue weighted by Crippen LogP contribution is -2.60. The Morgan fingerprint density at radius 1 is 0.913 bits per heavy atom. The van der Waals surface area contributed by atoms with Crippen molar-refractivity contribution in [2.45, 2.75) is 31.6 Å². The molecule has 1 saturated carbocycles. The number of fused-ring (bicyclic) bond motifs is 5. The van der Waals surface area contributed by atoms with Crippen molar-refractivity contribution in [3.05, 3.63) is 125 Å². The van der Waals surface area contributed by atoms with Crippen molar-refractivity contribution >= 4 is 29.0 Å². The summed E-state index contributed by atoms with van der Waals surface area (Å²) in [5, 5.41) is 10.3. The van der Waals surface area contributed by atoms with E-state index in [0.29, 0.717) is 36.3 Å². The first-order chi connectivity index (χ1) is 22.3. The largest absolute Gasteiger partial charge is 0.508 e. The van der Waals surface area contributed by atoms with E-state index in [-0.39, 0.29) is 35.6 Å². The number of benzene rings is 3. The highest BCUT2D eigenvalue weighted by molar-refractivity contribution is 6.31. The molecule has 0 bridgehead atoms. The number of ether oxygens (including phenoxy) is 1. The summed E-state index contributed by atoms with van der Waals surface area (Å²) in [4.78, 5) is 58.6. The van der Waals surface area contributed by atoms with Crippen LogP contribution in [-0.4, -0.2) is 39.9 Å². The third-order valence-electron chi connectivity index (χ3n) is 10.9. The van der Waals surface area contributed by atoms with E-state index in [1.807, 2.05) is 67.6 Å². The molecule has 1 N–H and O–H groups in total. The number of phenols is 1. The van der Waals surface area contributed by atoms with Crippen LogP contribution in [-0.2, 0) is 31.0 Å². The van der Waals surface area contributed by atoms with Crippen LogP contribution in [0, 0.1) is 29.6 Å². The molecule has 46 heavy (non-hydrogen) atoms. The standard InChI is InChI=1S/C39H33NO6/c1-2-40-37(44)28-15-14-27-30(34(28)38(40)45)19-31-36(43)29(22-9-5-3-6-10-22)20-33(42)39(31,25-11-7-4-8-12-25)35(27)24-17-23-18-26(41)13-16-32(23)46-21-24/h3-14,16,18,20-21,28,30-31,34-35,41H,2,15,17,19H2,1H3. The van der Waals surface area contributed by atoms with Crippen molar-refractivity contribution in [2.75, 3.05) is 6.54 Å². The molecular formula is C39H33NO6. The van der Waals surface area contributed by atoms with Gasteiger partial charge in [-0.15, -0.1) is 0 Å². The Morgan fingerprint density at radius 3 is 2.39 bits per heavy atom. The fraction of sp³-hybridized carbons (Fsp3) is 0.282. The van der Waals surface area contributed by atoms with Crippen molar-refractivity contribution < 1.29 is 29.0 Å². The van der Waals surface area contributed by atoms with Crippen molar-refractivity contribution in [1.82, 2.24) is 4.90 Å². The number of carbonyl (C=O) groups is 4. The van der Waals surface area contributed by atoms with Gasteiger partial charge in [0.25, 0.3) is 0 Å². The Labute approximate surface area is 266 Å². The molecule has 2 heterocycles. The SMILES string of the molecule is CCN1C(=O)C2CC=C3C(CC4C(=O)C(c5ccccc5)=CC(=O)C4(c4ccccc4)C3C3=COc4ccc(O)cc4C3)C2C1=O. The van der Waals surface area contributed by atoms with Gasteiger partial charge in [-0.3, -0.25) is 24.1 Å². The van der Waals surface area contributed by atoms with Gasteiger partial charge in [-0.1, -0.05) is 72.3 Å². The van der Waals surface area contributed by atoms with Gasteiger partial charge in [0.1, 0.15) is 11.5 Å². The molecule has 5 aliphatic rings. The second kappa shape index (κ2) is 10.5. The van der Waals surface area contributed by atoms with Gasteiger partial charge in [0.2, 0.25) is 11.8 Å². The molecule has 8 rings (SSSR count). The quantitative estimate of drug-likeness (QED) is 0.305. The molecule has 6 atom stereocenters. The zero-order valence-corrected chi connectivity index (χ0v) is 25.4. The van der Waals surface area contributed by atoms with Gasteiger partial charge < -0.3 is 9.84 Å². The van der Waals surface area contributed by atoms with Gasteiger partial charge in [-0.2, -0.15) is 0 Å². The van der Waals surface area contributed by atoms with Gasteiger partial charge in [0, 0.05) is 35.9 Å². The first kappa shape index (κ1) is 28.4. The van der Waals surface area contributed by atoms with Crippen molar-refractivity contribution in [3.63, 3.8) is 0 Å². The van der Waals surface area contributed by atoms with Gasteiger partial charge in [0.15, 0.2) is 11.6 Å². The normalized spacial score (nSPS) is 29.9. The molecule has 3 aromatic rings. The van der Waals surface area contributed by atoms with Crippen LogP contribution in [0.3, 0.4) is 0 Å². The van der Waals surface area contributed by atoms with Crippen molar-refractivity contribution in [2.24, 2.45) is 29.6 Å². The Balaban J connectivity index is 1.38. The molecule has 2 aliphatic heterocycles. The fourth-order valence-corrected chi connectivity index (χ4v) is 9.07. The number of phenolic OH excluding ortho intramolecular Hbond substituents is 1. The number of likely N-dealkylation sites (tertiary alicyclic amines) is 1. The van der Waals surface area contributed by atoms with E-state index in [4.69, 9.17) is 4.74 Å². The zero-order valence-electron chi connectivity index (χ0n) is 25.4. The minimum Gasteiger partial charge on any atom is -0.508 e. The molecule has 3 aliphatic carbocycles. The van der Waals surface area contributed by atoms with Crippen LogP contribution in [0.25, 0.3) is 5.57 Å². The summed E-state index contributed by atoms with van der Waals surface area (Å²) in [6.45, 7) is 2.11. The lowest BCUT2D eigenvalue weighted by atomic mass is 9.44. The minimum absolute atomic E-state index is 0.106. The summed E-state index contributed by atoms with van der Waals surface area (Å²) in [6.07, 6.45) is 6.33. The molecule has 7 heteroatoms. The van der Waals surface area contributed by atoms with E-state index in [1.54, 1.807) is 24.5 Å². The van der Waals surface area contributed by atoms with Gasteiger partial charge >= 0.3 is 0 Å². The summed E-state index contributed by atoms with van der Waals surface area (Å²) >= 11 is 0. The number of carbonyl (C=O) groups excluding carboxylic acids is 4. The molecule has 0 aromatic heterocycles. The summed E-state index contributed by atoms with van der Waals surface area (Å²) in [5.74, 6) is -2.84. The summed E-state index contributed by atoms with van der Waals surface area (Å²) in [5.41, 5.74) is 2.96. The predicted octanol–water partition coefficient (Wildman–Crippen LogP) is 5.59. The number of hydrogen-bond donors (Lipinski definition) is 1. The van der Waals surface area contributed by atoms with Crippen molar-refractivity contribution in [3.8, 4) is 11.5 Å². The molecule has 6 unspecified atom stereocenters. The van der Waals surface area contributed by atoms with E-state index in [2.05, 4.69) is 6.08 Å². The highest BCUT2D eigenvalue weighted by Crippen LogP contribution is 2.62. The summed E-state index contributed by atoms with van der Waals surface area (Å²) in [7, 11) is 0. The van der Waals surface area contributed by atoms with Crippen molar-refractivity contribution in [1.29, 1.82) is 0 Å². The monoisotopic (exact) mass is 611 g/mol. The number of Topliss-reactive ketones (excluding diaryl/α,β-unsaturated/α-hetero) is 1. The van der Waals surface area contributed by atoms with Crippen LogP contribution < -0.4 is 4.74 Å². The first-order valence-electron chi connectivity index (χ1n) is 16.0. The van der Waals surface area contributed by atoms with E-state index in [0.717, 1.165) is 22.3 Å². The fourth-order valence-electron chi connectivity index (χ4n) is 9.07. The van der Waals surface area contributed by atoms with Crippen LogP contribution in [0.2, 0.25) is 0 Å². The molecular weight excluding hydrogens is 578 g/mol. The maximum Gasteiger partial charge on any atom is 0.233 e. The average molecular weight is 612 g/mol. The van der Waals surface area contributed by atoms with Crippen LogP contribution in [0.4, 0.5) is 0 Å². The summed E-state index contributed by atoms with van der Waals surface area (Å²) in [6, 6.07) is 23.7. The van der Waals surface area contributed by atoms with E-state index >= 15 is 4.79 Å². The van der Waals surface area contributed by atoms with Gasteiger partial charge in [-0.05, 0) is 66.7 Å². The lowest BCUT2D eigenvalue weighted by Gasteiger charge is -2.56. The van der Waals surface area contributed by atoms with Gasteiger partial charge in [0.05, 0.1) is 23.5 Å². The van der Waals surface area contributed by atoms with Crippen LogP contribution in [0.15, 0.2) is 108 Å². The third kappa shape index (κ3) is 3.90. The van der Waals surface area contributed by atoms with E-state index < -0.39 is 35.0 Å². The number of nitrogens with zero attached hydrogens (tertiary/aromatic N) is 1. The Morgan fingerprint density at radius 2 is 1.65 bits per heavy atom. The van der Waals surface area contributed by atoms with Crippen LogP contribution in [0.5, 0.6) is 11.5 Å². The molecule has 2 fully saturated rings. The molecule has 7 nitrogen and oxygen atoms in total. The second-order valence-corrected chi connectivity index (χ2v) is 13.0. The molecule has 3 aromatic carbocycles. The number of rotatable bonds is 4. The predicted molar refractivity (Wildman–Crippen MR) is 170 cm³/mol. The van der Waals surface area contributed by atoms with E-state index in [1.165, 1.54) is 11.0 Å². The van der Waals surface area contributed by atoms with Crippen LogP contribution >= 0.6 is 0 Å². The summed E-state index contributed by atoms with van der Waals surface area (Å²) < 4.78 is 6.16. The highest BCUT2D eigenvalue weighted by atomic mass is 16.5. The second-order valence-electron chi connectivity index (χ2n) is 13.0. The van der Waals surface area contributed by atoms with Crippen LogP contribution in [0.1, 0.15) is 36.5 Å². The first-order valence-corrected chi connectivity index (χ1v) is 16.0. The van der Waals surface area contributed by atoms with Gasteiger partial charge in [-0.25, -0.2) is 0 Å². The lowest BCUT2D eigenvalue weighted by molar-refractivity contribution is -0.140. The number of allylic oxidation sites excluding steroid dienone is 5. The Hall–Kier alpha value is -5.04. The number of ketones is 2. The maximum atomic E-state index is 15.1. The number of imide groups is 1. The highest BCUT2D eigenvalue weighted by Gasteiger charge is 2.66. The number of hydrogen-bond acceptors (Lipinski definition) is 6. The molecule has 2 amide bonds. The van der Waals surface area contributed by atoms with E-state index in [9.17, 15) is 19.5 Å². The average Bonchev–Trinajstić information content (AvgIpc) is 3.34. The molecule has 230 valence electrons. The molecule has 1 saturated heterocycles. The number of aromatic hydroxyl groups is 1. The molecule has 0 radical (unpaired) electrons. The Bertz CT molecular complexity index is 1910. The number of amides is 2. The Kier molecular flexibility index (Phi) is 6.50. The minimum atomic E-state index is -1.30.